The summed E-state index contributed by atoms with van der Waals surface area (Å²) in [6.45, 7) is 0.399. The van der Waals surface area contributed by atoms with Gasteiger partial charge >= 0.3 is 12.1 Å². The molecule has 0 radical (unpaired) electrons. The molecule has 1 amide bonds. The number of hydrogen-bond donors (Lipinski definition) is 1. The van der Waals surface area contributed by atoms with Gasteiger partial charge in [0.15, 0.2) is 0 Å². The van der Waals surface area contributed by atoms with Gasteiger partial charge in [0.05, 0.1) is 12.1 Å². The highest BCUT2D eigenvalue weighted by Crippen LogP contribution is 2.19. The van der Waals surface area contributed by atoms with Crippen LogP contribution >= 0.6 is 22.6 Å². The minimum absolute atomic E-state index is 0.304. The van der Waals surface area contributed by atoms with Crippen molar-refractivity contribution in [2.75, 3.05) is 11.0 Å². The Labute approximate surface area is 92.5 Å². The Morgan fingerprint density at radius 1 is 1.57 bits per heavy atom. The Kier molecular flexibility index (Phi) is 3.99. The van der Waals surface area contributed by atoms with E-state index in [2.05, 4.69) is 0 Å². The van der Waals surface area contributed by atoms with Crippen LogP contribution in [-0.2, 0) is 9.53 Å². The first-order valence-corrected chi connectivity index (χ1v) is 5.53. The highest BCUT2D eigenvalue weighted by Gasteiger charge is 2.41. The van der Waals surface area contributed by atoms with E-state index in [4.69, 9.17) is 4.74 Å². The number of carbonyl (C=O) groups is 1. The number of ether oxygens (including phenoxy) is 1. The van der Waals surface area contributed by atoms with E-state index in [1.807, 2.05) is 27.9 Å². The van der Waals surface area contributed by atoms with Crippen molar-refractivity contribution in [3.63, 3.8) is 0 Å². The van der Waals surface area contributed by atoms with Crippen molar-refractivity contribution in [1.82, 2.24) is 5.32 Å². The van der Waals surface area contributed by atoms with Crippen LogP contribution in [0.2, 0.25) is 0 Å². The average molecular weight is 323 g/mol. The number of amides is 1. The van der Waals surface area contributed by atoms with Crippen molar-refractivity contribution in [2.24, 2.45) is 0 Å². The summed E-state index contributed by atoms with van der Waals surface area (Å²) >= 11 is 2.01. The van der Waals surface area contributed by atoms with Gasteiger partial charge in [0.2, 0.25) is 0 Å². The smallest absolute Gasteiger partial charge is 0.375 e. The molecule has 0 bridgehead atoms. The van der Waals surface area contributed by atoms with Gasteiger partial charge in [-0.15, -0.1) is 0 Å². The van der Waals surface area contributed by atoms with Crippen LogP contribution in [0.25, 0.3) is 0 Å². The maximum absolute atomic E-state index is 11.9. The quantitative estimate of drug-likeness (QED) is 0.614. The third-order valence-corrected chi connectivity index (χ3v) is 2.80. The summed E-state index contributed by atoms with van der Waals surface area (Å²) in [5, 5.41) is 1.93. The van der Waals surface area contributed by atoms with Crippen LogP contribution in [0.5, 0.6) is 0 Å². The summed E-state index contributed by atoms with van der Waals surface area (Å²) in [7, 11) is 0. The van der Waals surface area contributed by atoms with Crippen molar-refractivity contribution in [2.45, 2.75) is 24.7 Å². The maximum atomic E-state index is 11.9. The highest BCUT2D eigenvalue weighted by atomic mass is 127. The van der Waals surface area contributed by atoms with Crippen molar-refractivity contribution < 1.29 is 22.7 Å². The zero-order chi connectivity index (χ0) is 10.8. The first kappa shape index (κ1) is 12.0. The molecule has 1 saturated heterocycles. The van der Waals surface area contributed by atoms with E-state index in [0.717, 1.165) is 0 Å². The fraction of sp³-hybridized carbons (Fsp3) is 0.857. The van der Waals surface area contributed by atoms with Gasteiger partial charge in [-0.3, -0.25) is 4.79 Å². The molecule has 0 saturated carbocycles. The number of halogens is 4. The fourth-order valence-electron chi connectivity index (χ4n) is 1.22. The molecule has 1 rings (SSSR count). The molecule has 0 aromatic carbocycles. The first-order valence-electron chi connectivity index (χ1n) is 4.00. The molecular formula is C7H9F3INO2. The first-order chi connectivity index (χ1) is 6.45. The fourth-order valence-corrected chi connectivity index (χ4v) is 2.08. The summed E-state index contributed by atoms with van der Waals surface area (Å²) in [6, 6.07) is -0.513. The Morgan fingerprint density at radius 3 is 2.71 bits per heavy atom. The molecule has 1 heterocycles. The summed E-state index contributed by atoms with van der Waals surface area (Å²) in [4.78, 5) is 10.6. The minimum atomic E-state index is -4.81. The van der Waals surface area contributed by atoms with Gasteiger partial charge in [-0.2, -0.15) is 13.2 Å². The van der Waals surface area contributed by atoms with E-state index >= 15 is 0 Å². The highest BCUT2D eigenvalue weighted by molar-refractivity contribution is 14.1. The minimum Gasteiger partial charge on any atom is -0.375 e. The molecule has 0 unspecified atom stereocenters. The van der Waals surface area contributed by atoms with Crippen molar-refractivity contribution in [1.29, 1.82) is 0 Å². The second kappa shape index (κ2) is 4.65. The largest absolute Gasteiger partial charge is 0.471 e. The van der Waals surface area contributed by atoms with Crippen LogP contribution in [0, 0.1) is 0 Å². The van der Waals surface area contributed by atoms with Gasteiger partial charge in [0.25, 0.3) is 0 Å². The lowest BCUT2D eigenvalue weighted by Gasteiger charge is -2.18. The van der Waals surface area contributed by atoms with E-state index in [1.54, 1.807) is 0 Å². The lowest BCUT2D eigenvalue weighted by atomic mass is 10.1. The second-order valence-electron chi connectivity index (χ2n) is 2.93. The molecule has 3 nitrogen and oxygen atoms in total. The third-order valence-electron chi connectivity index (χ3n) is 1.94. The molecule has 1 N–H and O–H groups in total. The second-order valence-corrected chi connectivity index (χ2v) is 3.81. The Morgan fingerprint density at radius 2 is 2.21 bits per heavy atom. The standard InChI is InChI=1S/C7H9F3INO2/c8-7(9,10)6(13)12-4-1-2-14-5(4)3-11/h4-5H,1-3H2,(H,12,13)/t4-,5-/m1/s1. The molecule has 0 spiro atoms. The molecule has 1 aliphatic heterocycles. The Hall–Kier alpha value is -0.0500. The molecule has 0 aromatic rings. The molecule has 82 valence electrons. The average Bonchev–Trinajstić information content (AvgIpc) is 2.50. The van der Waals surface area contributed by atoms with Crippen LogP contribution in [0.15, 0.2) is 0 Å². The van der Waals surface area contributed by atoms with Gasteiger partial charge in [0.1, 0.15) is 0 Å². The summed E-state index contributed by atoms with van der Waals surface area (Å²) in [5.74, 6) is -1.89. The maximum Gasteiger partial charge on any atom is 0.471 e. The molecule has 1 aliphatic rings. The molecule has 0 aromatic heterocycles. The summed E-state index contributed by atoms with van der Waals surface area (Å²) in [6.07, 6.45) is -4.67. The van der Waals surface area contributed by atoms with Gasteiger partial charge < -0.3 is 10.1 Å². The third kappa shape index (κ3) is 2.97. The van der Waals surface area contributed by atoms with E-state index in [1.165, 1.54) is 0 Å². The number of hydrogen-bond acceptors (Lipinski definition) is 2. The predicted octanol–water partition coefficient (Wildman–Crippen LogP) is 1.26. The molecule has 7 heteroatoms. The predicted molar refractivity (Wildman–Crippen MR) is 51.2 cm³/mol. The lowest BCUT2D eigenvalue weighted by Crippen LogP contribution is -2.46. The van der Waals surface area contributed by atoms with Crippen molar-refractivity contribution in [3.8, 4) is 0 Å². The van der Waals surface area contributed by atoms with Crippen LogP contribution in [0.3, 0.4) is 0 Å². The molecular weight excluding hydrogens is 314 g/mol. The normalized spacial score (nSPS) is 27.7. The molecule has 14 heavy (non-hydrogen) atoms. The summed E-state index contributed by atoms with van der Waals surface area (Å²) in [5.41, 5.74) is 0. The molecule has 2 atom stereocenters. The Bertz CT molecular complexity index is 221. The van der Waals surface area contributed by atoms with Gasteiger partial charge in [-0.05, 0) is 6.42 Å². The van der Waals surface area contributed by atoms with Crippen molar-refractivity contribution >= 4 is 28.5 Å². The van der Waals surface area contributed by atoms with Gasteiger partial charge in [-0.1, -0.05) is 22.6 Å². The van der Waals surface area contributed by atoms with Crippen LogP contribution < -0.4 is 5.32 Å². The number of nitrogens with one attached hydrogen (secondary N) is 1. The van der Waals surface area contributed by atoms with Crippen molar-refractivity contribution in [3.05, 3.63) is 0 Å². The van der Waals surface area contributed by atoms with E-state index in [-0.39, 0.29) is 6.10 Å². The van der Waals surface area contributed by atoms with Crippen LogP contribution in [-0.4, -0.2) is 35.3 Å². The lowest BCUT2D eigenvalue weighted by molar-refractivity contribution is -0.174. The SMILES string of the molecule is O=C(N[C@@H]1CCO[C@@H]1CI)C(F)(F)F. The monoisotopic (exact) mass is 323 g/mol. The van der Waals surface area contributed by atoms with E-state index in [9.17, 15) is 18.0 Å². The van der Waals surface area contributed by atoms with E-state index < -0.39 is 18.1 Å². The topological polar surface area (TPSA) is 38.3 Å². The van der Waals surface area contributed by atoms with Crippen LogP contribution in [0.4, 0.5) is 13.2 Å². The van der Waals surface area contributed by atoms with Gasteiger partial charge in [0, 0.05) is 11.0 Å². The number of rotatable bonds is 2. The molecule has 0 aliphatic carbocycles. The van der Waals surface area contributed by atoms with Gasteiger partial charge in [-0.25, -0.2) is 0 Å². The number of alkyl halides is 4. The zero-order valence-corrected chi connectivity index (χ0v) is 9.26. The Balaban J connectivity index is 2.48. The summed E-state index contributed by atoms with van der Waals surface area (Å²) < 4.78 is 41.3. The molecule has 1 fully saturated rings. The van der Waals surface area contributed by atoms with E-state index in [0.29, 0.717) is 17.5 Å². The number of carbonyl (C=O) groups excluding carboxylic acids is 1. The van der Waals surface area contributed by atoms with Crippen LogP contribution in [0.1, 0.15) is 6.42 Å². The zero-order valence-electron chi connectivity index (χ0n) is 7.10.